The van der Waals surface area contributed by atoms with Gasteiger partial charge in [-0.25, -0.2) is 0 Å². The fraction of sp³-hybridized carbons (Fsp3) is 0.350. The van der Waals surface area contributed by atoms with E-state index in [0.717, 1.165) is 36.8 Å². The van der Waals surface area contributed by atoms with E-state index in [1.807, 2.05) is 42.5 Å². The predicted molar refractivity (Wildman–Crippen MR) is 92.2 cm³/mol. The highest BCUT2D eigenvalue weighted by atomic mass is 16.3. The van der Waals surface area contributed by atoms with Crippen LogP contribution in [0.4, 0.5) is 0 Å². The van der Waals surface area contributed by atoms with Crippen LogP contribution >= 0.6 is 0 Å². The van der Waals surface area contributed by atoms with E-state index in [9.17, 15) is 9.90 Å². The van der Waals surface area contributed by atoms with Crippen molar-refractivity contribution in [3.8, 4) is 11.1 Å². The van der Waals surface area contributed by atoms with Crippen LogP contribution in [-0.2, 0) is 0 Å². The monoisotopic (exact) mass is 309 g/mol. The Hall–Kier alpha value is -2.13. The van der Waals surface area contributed by atoms with Gasteiger partial charge in [-0.3, -0.25) is 4.79 Å². The molecule has 0 aromatic heterocycles. The molecule has 3 heteroatoms. The second kappa shape index (κ2) is 6.97. The maximum atomic E-state index is 12.7. The van der Waals surface area contributed by atoms with Crippen molar-refractivity contribution < 1.29 is 9.90 Å². The van der Waals surface area contributed by atoms with Gasteiger partial charge in [0.25, 0.3) is 5.91 Å². The first kappa shape index (κ1) is 15.8. The largest absolute Gasteiger partial charge is 0.391 e. The summed E-state index contributed by atoms with van der Waals surface area (Å²) in [5, 5.41) is 10.1. The highest BCUT2D eigenvalue weighted by Crippen LogP contribution is 2.24. The lowest BCUT2D eigenvalue weighted by Crippen LogP contribution is -2.46. The van der Waals surface area contributed by atoms with Crippen molar-refractivity contribution >= 4 is 5.91 Å². The molecule has 120 valence electrons. The summed E-state index contributed by atoms with van der Waals surface area (Å²) in [5.41, 5.74) is 2.91. The Labute approximate surface area is 137 Å². The van der Waals surface area contributed by atoms with Gasteiger partial charge < -0.3 is 10.0 Å². The average molecular weight is 309 g/mol. The van der Waals surface area contributed by atoms with Gasteiger partial charge in [-0.1, -0.05) is 55.3 Å². The highest BCUT2D eigenvalue weighted by molar-refractivity contribution is 5.94. The number of carbonyl (C=O) groups excluding carboxylic acids is 1. The molecule has 3 rings (SSSR count). The molecule has 1 amide bonds. The van der Waals surface area contributed by atoms with Crippen LogP contribution in [0.1, 0.15) is 36.0 Å². The van der Waals surface area contributed by atoms with E-state index in [-0.39, 0.29) is 11.9 Å². The molecule has 0 spiro atoms. The molecule has 1 saturated carbocycles. The first-order valence-electron chi connectivity index (χ1n) is 8.27. The zero-order valence-corrected chi connectivity index (χ0v) is 13.5. The Balaban J connectivity index is 1.75. The van der Waals surface area contributed by atoms with Crippen LogP contribution in [0.2, 0.25) is 0 Å². The number of benzene rings is 2. The Morgan fingerprint density at radius 1 is 0.957 bits per heavy atom. The standard InChI is InChI=1S/C20H23NO2/c1-21(18-9-5-6-10-19(18)22)20(23)17-13-11-16(12-14-17)15-7-3-2-4-8-15/h2-4,7-8,11-14,18-19,22H,5-6,9-10H2,1H3/t18-,19+/m1/s1. The second-order valence-electron chi connectivity index (χ2n) is 6.28. The van der Waals surface area contributed by atoms with E-state index < -0.39 is 6.10 Å². The predicted octanol–water partition coefficient (Wildman–Crippen LogP) is 3.73. The fourth-order valence-corrected chi connectivity index (χ4v) is 3.33. The van der Waals surface area contributed by atoms with Gasteiger partial charge in [0.1, 0.15) is 0 Å². The van der Waals surface area contributed by atoms with Gasteiger partial charge >= 0.3 is 0 Å². The Bertz CT molecular complexity index is 651. The Morgan fingerprint density at radius 3 is 2.22 bits per heavy atom. The lowest BCUT2D eigenvalue weighted by atomic mass is 9.91. The maximum absolute atomic E-state index is 12.7. The maximum Gasteiger partial charge on any atom is 0.253 e. The van der Waals surface area contributed by atoms with E-state index in [4.69, 9.17) is 0 Å². The molecule has 1 fully saturated rings. The summed E-state index contributed by atoms with van der Waals surface area (Å²) in [4.78, 5) is 14.4. The molecule has 1 aliphatic carbocycles. The highest BCUT2D eigenvalue weighted by Gasteiger charge is 2.29. The third-order valence-electron chi connectivity index (χ3n) is 4.75. The van der Waals surface area contributed by atoms with Crippen molar-refractivity contribution in [3.63, 3.8) is 0 Å². The van der Waals surface area contributed by atoms with Crippen molar-refractivity contribution in [2.45, 2.75) is 37.8 Å². The smallest absolute Gasteiger partial charge is 0.253 e. The molecule has 0 radical (unpaired) electrons. The number of nitrogens with zero attached hydrogens (tertiary/aromatic N) is 1. The fourth-order valence-electron chi connectivity index (χ4n) is 3.33. The van der Waals surface area contributed by atoms with Crippen molar-refractivity contribution in [1.82, 2.24) is 4.90 Å². The van der Waals surface area contributed by atoms with Crippen molar-refractivity contribution in [2.24, 2.45) is 0 Å². The van der Waals surface area contributed by atoms with Gasteiger partial charge in [0.05, 0.1) is 12.1 Å². The van der Waals surface area contributed by atoms with Crippen molar-refractivity contribution in [2.75, 3.05) is 7.05 Å². The normalized spacial score (nSPS) is 21.0. The van der Waals surface area contributed by atoms with Gasteiger partial charge in [0.15, 0.2) is 0 Å². The van der Waals surface area contributed by atoms with Crippen molar-refractivity contribution in [1.29, 1.82) is 0 Å². The van der Waals surface area contributed by atoms with Gasteiger partial charge in [-0.15, -0.1) is 0 Å². The Morgan fingerprint density at radius 2 is 1.57 bits per heavy atom. The van der Waals surface area contributed by atoms with Crippen LogP contribution in [0.25, 0.3) is 11.1 Å². The summed E-state index contributed by atoms with van der Waals surface area (Å²) in [6.45, 7) is 0. The van der Waals surface area contributed by atoms with Crippen LogP contribution in [0.3, 0.4) is 0 Å². The summed E-state index contributed by atoms with van der Waals surface area (Å²) >= 11 is 0. The van der Waals surface area contributed by atoms with Gasteiger partial charge in [0.2, 0.25) is 0 Å². The zero-order chi connectivity index (χ0) is 16.2. The summed E-state index contributed by atoms with van der Waals surface area (Å²) in [7, 11) is 1.80. The first-order chi connectivity index (χ1) is 11.2. The Kier molecular flexibility index (Phi) is 4.77. The quantitative estimate of drug-likeness (QED) is 0.938. The molecule has 2 aromatic carbocycles. The number of hydrogen-bond donors (Lipinski definition) is 1. The van der Waals surface area contributed by atoms with Crippen LogP contribution in [0, 0.1) is 0 Å². The van der Waals surface area contributed by atoms with Crippen LogP contribution < -0.4 is 0 Å². The minimum Gasteiger partial charge on any atom is -0.391 e. The number of rotatable bonds is 3. The van der Waals surface area contributed by atoms with Gasteiger partial charge in [0, 0.05) is 12.6 Å². The topological polar surface area (TPSA) is 40.5 Å². The zero-order valence-electron chi connectivity index (χ0n) is 13.5. The molecular weight excluding hydrogens is 286 g/mol. The van der Waals surface area contributed by atoms with Crippen LogP contribution in [-0.4, -0.2) is 35.1 Å². The lowest BCUT2D eigenvalue weighted by Gasteiger charge is -2.35. The lowest BCUT2D eigenvalue weighted by molar-refractivity contribution is 0.0268. The third kappa shape index (κ3) is 3.45. The molecule has 0 aliphatic heterocycles. The molecule has 2 atom stereocenters. The van der Waals surface area contributed by atoms with E-state index in [2.05, 4.69) is 12.1 Å². The molecule has 0 saturated heterocycles. The molecule has 0 unspecified atom stereocenters. The van der Waals surface area contributed by atoms with E-state index in [1.165, 1.54) is 0 Å². The van der Waals surface area contributed by atoms with E-state index >= 15 is 0 Å². The first-order valence-corrected chi connectivity index (χ1v) is 8.27. The molecule has 0 bridgehead atoms. The number of amides is 1. The minimum absolute atomic E-state index is 0.0180. The number of likely N-dealkylation sites (N-methyl/N-ethyl adjacent to an activating group) is 1. The third-order valence-corrected chi connectivity index (χ3v) is 4.75. The average Bonchev–Trinajstić information content (AvgIpc) is 2.62. The number of carbonyl (C=O) groups is 1. The summed E-state index contributed by atoms with van der Waals surface area (Å²) in [6.07, 6.45) is 3.39. The summed E-state index contributed by atoms with van der Waals surface area (Å²) in [5.74, 6) is -0.0180. The number of hydrogen-bond acceptors (Lipinski definition) is 2. The molecule has 1 N–H and O–H groups in total. The molecule has 2 aromatic rings. The van der Waals surface area contributed by atoms with Crippen molar-refractivity contribution in [3.05, 3.63) is 60.2 Å². The van der Waals surface area contributed by atoms with Gasteiger partial charge in [-0.05, 0) is 36.1 Å². The molecule has 23 heavy (non-hydrogen) atoms. The summed E-state index contributed by atoms with van der Waals surface area (Å²) < 4.78 is 0. The number of aliphatic hydroxyl groups excluding tert-OH is 1. The molecule has 0 heterocycles. The van der Waals surface area contributed by atoms with Crippen LogP contribution in [0.5, 0.6) is 0 Å². The number of aliphatic hydroxyl groups is 1. The minimum atomic E-state index is -0.402. The molecule has 3 nitrogen and oxygen atoms in total. The second-order valence-corrected chi connectivity index (χ2v) is 6.28. The molecular formula is C20H23NO2. The van der Waals surface area contributed by atoms with Gasteiger partial charge in [-0.2, -0.15) is 0 Å². The summed E-state index contributed by atoms with van der Waals surface area (Å²) in [6, 6.07) is 17.8. The molecule has 1 aliphatic rings. The van der Waals surface area contributed by atoms with E-state index in [0.29, 0.717) is 5.56 Å². The SMILES string of the molecule is CN(C(=O)c1ccc(-c2ccccc2)cc1)[C@@H]1CCCC[C@@H]1O. The van der Waals surface area contributed by atoms with Crippen LogP contribution in [0.15, 0.2) is 54.6 Å². The van der Waals surface area contributed by atoms with E-state index in [1.54, 1.807) is 11.9 Å².